The molecule has 3 rings (SSSR count). The van der Waals surface area contributed by atoms with Crippen molar-refractivity contribution in [1.82, 2.24) is 9.97 Å². The summed E-state index contributed by atoms with van der Waals surface area (Å²) in [7, 11) is 0. The molecule has 4 N–H and O–H groups in total. The number of anilines is 3. The zero-order valence-corrected chi connectivity index (χ0v) is 13.6. The van der Waals surface area contributed by atoms with Gasteiger partial charge in [0.15, 0.2) is 5.82 Å². The Morgan fingerprint density at radius 1 is 0.917 bits per heavy atom. The predicted octanol–water partition coefficient (Wildman–Crippen LogP) is 3.91. The van der Waals surface area contributed by atoms with Gasteiger partial charge in [-0.05, 0) is 49.2 Å². The second-order valence-electron chi connectivity index (χ2n) is 5.48. The Bertz CT molecular complexity index is 816. The van der Waals surface area contributed by atoms with Crippen LogP contribution in [0.25, 0.3) is 0 Å². The first-order chi connectivity index (χ1) is 11.6. The molecule has 3 aromatic rings. The molecule has 1 heterocycles. The van der Waals surface area contributed by atoms with Gasteiger partial charge in [-0.25, -0.2) is 4.98 Å². The standard InChI is InChI=1S/C18H19N5O/c1-12-8-13(2)10-15(9-12)24-18-16(19)17(20-11-21-18)23-22-14-6-4-3-5-7-14/h3-11,22H,19H2,1-2H3,(H,20,21,23). The average Bonchev–Trinajstić information content (AvgIpc) is 2.56. The summed E-state index contributed by atoms with van der Waals surface area (Å²) in [6.45, 7) is 4.03. The van der Waals surface area contributed by atoms with Crippen LogP contribution in [0.2, 0.25) is 0 Å². The summed E-state index contributed by atoms with van der Waals surface area (Å²) in [6.07, 6.45) is 1.41. The minimum atomic E-state index is 0.312. The van der Waals surface area contributed by atoms with Crippen molar-refractivity contribution in [2.24, 2.45) is 0 Å². The second kappa shape index (κ2) is 6.87. The number of ether oxygens (including phenoxy) is 1. The molecule has 0 spiro atoms. The number of benzene rings is 2. The SMILES string of the molecule is Cc1cc(C)cc(Oc2ncnc(NNc3ccccc3)c2N)c1. The summed E-state index contributed by atoms with van der Waals surface area (Å²) in [6, 6.07) is 15.6. The van der Waals surface area contributed by atoms with E-state index in [9.17, 15) is 0 Å². The van der Waals surface area contributed by atoms with Crippen LogP contribution in [0, 0.1) is 13.8 Å². The number of aryl methyl sites for hydroxylation is 2. The molecule has 6 heteroatoms. The number of hydrogen-bond donors (Lipinski definition) is 3. The van der Waals surface area contributed by atoms with Crippen molar-refractivity contribution in [2.45, 2.75) is 13.8 Å². The number of hydrazine groups is 1. The van der Waals surface area contributed by atoms with E-state index in [1.165, 1.54) is 6.33 Å². The zero-order chi connectivity index (χ0) is 16.9. The zero-order valence-electron chi connectivity index (χ0n) is 13.6. The Hall–Kier alpha value is -3.28. The molecular weight excluding hydrogens is 302 g/mol. The maximum atomic E-state index is 6.12. The van der Waals surface area contributed by atoms with Gasteiger partial charge in [-0.1, -0.05) is 24.3 Å². The maximum Gasteiger partial charge on any atom is 0.248 e. The van der Waals surface area contributed by atoms with Gasteiger partial charge < -0.3 is 10.5 Å². The molecule has 0 saturated carbocycles. The van der Waals surface area contributed by atoms with E-state index in [0.717, 1.165) is 16.8 Å². The largest absolute Gasteiger partial charge is 0.437 e. The molecule has 0 fully saturated rings. The molecular formula is C18H19N5O. The van der Waals surface area contributed by atoms with Crippen molar-refractivity contribution in [1.29, 1.82) is 0 Å². The maximum absolute atomic E-state index is 6.12. The van der Waals surface area contributed by atoms with Gasteiger partial charge in [-0.3, -0.25) is 10.9 Å². The van der Waals surface area contributed by atoms with E-state index in [4.69, 9.17) is 10.5 Å². The molecule has 0 bridgehead atoms. The summed E-state index contributed by atoms with van der Waals surface area (Å²) in [5.74, 6) is 1.46. The first kappa shape index (κ1) is 15.6. The smallest absolute Gasteiger partial charge is 0.248 e. The Morgan fingerprint density at radius 2 is 1.62 bits per heavy atom. The van der Waals surface area contributed by atoms with Gasteiger partial charge in [0.25, 0.3) is 0 Å². The lowest BCUT2D eigenvalue weighted by atomic mass is 10.1. The lowest BCUT2D eigenvalue weighted by molar-refractivity contribution is 0.464. The second-order valence-corrected chi connectivity index (χ2v) is 5.48. The van der Waals surface area contributed by atoms with Gasteiger partial charge in [0, 0.05) is 0 Å². The molecule has 0 aliphatic carbocycles. The summed E-state index contributed by atoms with van der Waals surface area (Å²) in [4.78, 5) is 8.26. The van der Waals surface area contributed by atoms with Crippen LogP contribution >= 0.6 is 0 Å². The number of nitrogen functional groups attached to an aromatic ring is 1. The fourth-order valence-electron chi connectivity index (χ4n) is 2.32. The van der Waals surface area contributed by atoms with Crippen LogP contribution in [0.3, 0.4) is 0 Å². The van der Waals surface area contributed by atoms with Gasteiger partial charge in [0.2, 0.25) is 5.88 Å². The van der Waals surface area contributed by atoms with Crippen LogP contribution < -0.4 is 21.3 Å². The van der Waals surface area contributed by atoms with E-state index in [2.05, 4.69) is 26.9 Å². The summed E-state index contributed by atoms with van der Waals surface area (Å²) >= 11 is 0. The fourth-order valence-corrected chi connectivity index (χ4v) is 2.32. The van der Waals surface area contributed by atoms with E-state index in [0.29, 0.717) is 23.1 Å². The minimum Gasteiger partial charge on any atom is -0.437 e. The molecule has 0 saturated heterocycles. The van der Waals surface area contributed by atoms with E-state index in [-0.39, 0.29) is 0 Å². The Labute approximate surface area is 140 Å². The van der Waals surface area contributed by atoms with Crippen LogP contribution in [0.4, 0.5) is 17.2 Å². The van der Waals surface area contributed by atoms with Crippen LogP contribution in [0.5, 0.6) is 11.6 Å². The first-order valence-electron chi connectivity index (χ1n) is 7.55. The minimum absolute atomic E-state index is 0.312. The number of para-hydroxylation sites is 1. The number of rotatable bonds is 5. The molecule has 122 valence electrons. The summed E-state index contributed by atoms with van der Waals surface area (Å²) in [5, 5.41) is 0. The van der Waals surface area contributed by atoms with Crippen LogP contribution in [-0.4, -0.2) is 9.97 Å². The molecule has 0 atom stereocenters. The van der Waals surface area contributed by atoms with Crippen LogP contribution in [0.1, 0.15) is 11.1 Å². The molecule has 0 radical (unpaired) electrons. The fraction of sp³-hybridized carbons (Fsp3) is 0.111. The number of hydrogen-bond acceptors (Lipinski definition) is 6. The lowest BCUT2D eigenvalue weighted by Gasteiger charge is -2.13. The quantitative estimate of drug-likeness (QED) is 0.618. The molecule has 0 unspecified atom stereocenters. The highest BCUT2D eigenvalue weighted by Crippen LogP contribution is 2.30. The van der Waals surface area contributed by atoms with E-state index < -0.39 is 0 Å². The number of nitrogens with one attached hydrogen (secondary N) is 2. The number of nitrogens with zero attached hydrogens (tertiary/aromatic N) is 2. The van der Waals surface area contributed by atoms with Crippen molar-refractivity contribution in [2.75, 3.05) is 16.6 Å². The molecule has 0 amide bonds. The Balaban J connectivity index is 1.77. The van der Waals surface area contributed by atoms with Gasteiger partial charge >= 0.3 is 0 Å². The highest BCUT2D eigenvalue weighted by atomic mass is 16.5. The highest BCUT2D eigenvalue weighted by Gasteiger charge is 2.10. The molecule has 24 heavy (non-hydrogen) atoms. The Morgan fingerprint density at radius 3 is 2.33 bits per heavy atom. The number of nitrogens with two attached hydrogens (primary N) is 1. The average molecular weight is 321 g/mol. The van der Waals surface area contributed by atoms with E-state index in [1.807, 2.05) is 56.3 Å². The predicted molar refractivity (Wildman–Crippen MR) is 96.1 cm³/mol. The molecule has 0 aliphatic heterocycles. The van der Waals surface area contributed by atoms with Gasteiger partial charge in [-0.2, -0.15) is 4.98 Å². The molecule has 0 aliphatic rings. The first-order valence-corrected chi connectivity index (χ1v) is 7.55. The molecule has 6 nitrogen and oxygen atoms in total. The van der Waals surface area contributed by atoms with E-state index in [1.54, 1.807) is 0 Å². The number of aromatic nitrogens is 2. The lowest BCUT2D eigenvalue weighted by Crippen LogP contribution is -2.12. The van der Waals surface area contributed by atoms with Crippen LogP contribution in [0.15, 0.2) is 54.9 Å². The monoisotopic (exact) mass is 321 g/mol. The van der Waals surface area contributed by atoms with Gasteiger partial charge in [0.1, 0.15) is 17.8 Å². The van der Waals surface area contributed by atoms with E-state index >= 15 is 0 Å². The highest BCUT2D eigenvalue weighted by molar-refractivity contribution is 5.68. The third kappa shape index (κ3) is 3.73. The third-order valence-corrected chi connectivity index (χ3v) is 3.36. The molecule has 2 aromatic carbocycles. The van der Waals surface area contributed by atoms with Crippen LogP contribution in [-0.2, 0) is 0 Å². The van der Waals surface area contributed by atoms with Crippen molar-refractivity contribution in [3.05, 3.63) is 66.0 Å². The van der Waals surface area contributed by atoms with Crippen molar-refractivity contribution < 1.29 is 4.74 Å². The van der Waals surface area contributed by atoms with Gasteiger partial charge in [-0.15, -0.1) is 0 Å². The topological polar surface area (TPSA) is 85.1 Å². The summed E-state index contributed by atoms with van der Waals surface area (Å²) in [5.41, 5.74) is 15.6. The van der Waals surface area contributed by atoms with Crippen molar-refractivity contribution in [3.8, 4) is 11.6 Å². The normalized spacial score (nSPS) is 10.2. The third-order valence-electron chi connectivity index (χ3n) is 3.36. The Kier molecular flexibility index (Phi) is 4.47. The molecule has 1 aromatic heterocycles. The summed E-state index contributed by atoms with van der Waals surface area (Å²) < 4.78 is 5.82. The van der Waals surface area contributed by atoms with Crippen molar-refractivity contribution in [3.63, 3.8) is 0 Å². The van der Waals surface area contributed by atoms with Gasteiger partial charge in [0.05, 0.1) is 5.69 Å². The van der Waals surface area contributed by atoms with Crippen molar-refractivity contribution >= 4 is 17.2 Å².